The monoisotopic (exact) mass is 413 g/mol. The Kier molecular flexibility index (Phi) is 6.90. The van der Waals surface area contributed by atoms with E-state index < -0.39 is 5.97 Å². The summed E-state index contributed by atoms with van der Waals surface area (Å²) >= 11 is 9.60. The maximum Gasteiger partial charge on any atom is 0.317 e. The number of hydrogen-bond acceptors (Lipinski definition) is 4. The second kappa shape index (κ2) is 8.92. The minimum atomic E-state index is -0.902. The molecule has 0 saturated carbocycles. The summed E-state index contributed by atoms with van der Waals surface area (Å²) in [5.74, 6) is 0.226. The first-order chi connectivity index (χ1) is 11.5. The lowest BCUT2D eigenvalue weighted by atomic mass is 10.2. The number of aliphatic carboxylic acids is 1. The quantitative estimate of drug-likeness (QED) is 0.686. The third-order valence-corrected chi connectivity index (χ3v) is 4.18. The van der Waals surface area contributed by atoms with Gasteiger partial charge in [-0.2, -0.15) is 0 Å². The molecule has 0 aliphatic heterocycles. The number of carboxylic acids is 1. The topological polar surface area (TPSA) is 67.8 Å². The standard InChI is InChI=1S/C17H17BrClNO4/c1-23-15-7-11(8-20-9-16(21)22)6-13(18)17(15)24-10-12-4-2-3-5-14(12)19/h2-7,20H,8-10H2,1H3,(H,21,22). The molecule has 0 aliphatic rings. The van der Waals surface area contributed by atoms with Crippen molar-refractivity contribution in [3.63, 3.8) is 0 Å². The second-order valence-electron chi connectivity index (χ2n) is 4.99. The molecule has 2 aromatic rings. The summed E-state index contributed by atoms with van der Waals surface area (Å²) in [6.45, 7) is 0.613. The number of ether oxygens (including phenoxy) is 2. The van der Waals surface area contributed by atoms with Crippen molar-refractivity contribution < 1.29 is 19.4 Å². The van der Waals surface area contributed by atoms with Gasteiger partial charge in [-0.3, -0.25) is 4.79 Å². The first kappa shape index (κ1) is 18.6. The number of carboxylic acid groups (broad SMARTS) is 1. The van der Waals surface area contributed by atoms with E-state index in [1.807, 2.05) is 36.4 Å². The molecule has 0 bridgehead atoms. The lowest BCUT2D eigenvalue weighted by Crippen LogP contribution is -2.21. The van der Waals surface area contributed by atoms with Gasteiger partial charge >= 0.3 is 5.97 Å². The molecule has 0 aromatic heterocycles. The van der Waals surface area contributed by atoms with Crippen LogP contribution in [-0.4, -0.2) is 24.7 Å². The first-order valence-corrected chi connectivity index (χ1v) is 8.33. The summed E-state index contributed by atoms with van der Waals surface area (Å²) in [5, 5.41) is 12.1. The third-order valence-electron chi connectivity index (χ3n) is 3.22. The molecule has 2 N–H and O–H groups in total. The summed E-state index contributed by atoms with van der Waals surface area (Å²) in [4.78, 5) is 10.6. The van der Waals surface area contributed by atoms with Crippen molar-refractivity contribution in [2.24, 2.45) is 0 Å². The van der Waals surface area contributed by atoms with E-state index in [-0.39, 0.29) is 6.54 Å². The smallest absolute Gasteiger partial charge is 0.317 e. The zero-order valence-corrected chi connectivity index (χ0v) is 15.4. The van der Waals surface area contributed by atoms with Crippen LogP contribution in [-0.2, 0) is 17.9 Å². The number of hydrogen-bond donors (Lipinski definition) is 2. The normalized spacial score (nSPS) is 10.5. The van der Waals surface area contributed by atoms with Crippen molar-refractivity contribution >= 4 is 33.5 Å². The molecule has 0 atom stereocenters. The van der Waals surface area contributed by atoms with E-state index in [0.717, 1.165) is 15.6 Å². The van der Waals surface area contributed by atoms with Gasteiger partial charge in [0, 0.05) is 17.1 Å². The summed E-state index contributed by atoms with van der Waals surface area (Å²) in [7, 11) is 1.55. The number of halogens is 2. The summed E-state index contributed by atoms with van der Waals surface area (Å²) in [6.07, 6.45) is 0. The van der Waals surface area contributed by atoms with E-state index in [9.17, 15) is 4.79 Å². The van der Waals surface area contributed by atoms with Gasteiger partial charge < -0.3 is 19.9 Å². The number of benzene rings is 2. The summed E-state index contributed by atoms with van der Waals surface area (Å²) in [6, 6.07) is 11.1. The van der Waals surface area contributed by atoms with Crippen LogP contribution < -0.4 is 14.8 Å². The molecule has 7 heteroatoms. The van der Waals surface area contributed by atoms with Crippen LogP contribution in [0.4, 0.5) is 0 Å². The molecule has 0 amide bonds. The number of methoxy groups -OCH3 is 1. The zero-order chi connectivity index (χ0) is 17.5. The SMILES string of the molecule is COc1cc(CNCC(=O)O)cc(Br)c1OCc1ccccc1Cl. The Labute approximate surface area is 153 Å². The largest absolute Gasteiger partial charge is 0.493 e. The molecule has 0 unspecified atom stereocenters. The van der Waals surface area contributed by atoms with E-state index in [2.05, 4.69) is 21.2 Å². The maximum atomic E-state index is 10.6. The van der Waals surface area contributed by atoms with E-state index in [1.165, 1.54) is 0 Å². The average molecular weight is 415 g/mol. The molecule has 2 aromatic carbocycles. The Morgan fingerprint density at radius 2 is 2.08 bits per heavy atom. The fraction of sp³-hybridized carbons (Fsp3) is 0.235. The van der Waals surface area contributed by atoms with Crippen molar-refractivity contribution in [2.75, 3.05) is 13.7 Å². The van der Waals surface area contributed by atoms with E-state index in [1.54, 1.807) is 7.11 Å². The van der Waals surface area contributed by atoms with Crippen LogP contribution in [0.25, 0.3) is 0 Å². The van der Waals surface area contributed by atoms with Gasteiger partial charge in [0.05, 0.1) is 18.1 Å². The highest BCUT2D eigenvalue weighted by atomic mass is 79.9. The minimum absolute atomic E-state index is 0.106. The highest BCUT2D eigenvalue weighted by Crippen LogP contribution is 2.37. The number of rotatable bonds is 8. The van der Waals surface area contributed by atoms with Crippen LogP contribution in [0.15, 0.2) is 40.9 Å². The number of nitrogens with one attached hydrogen (secondary N) is 1. The van der Waals surface area contributed by atoms with Crippen molar-refractivity contribution in [2.45, 2.75) is 13.2 Å². The first-order valence-electron chi connectivity index (χ1n) is 7.16. The molecule has 0 saturated heterocycles. The Balaban J connectivity index is 2.12. The molecule has 24 heavy (non-hydrogen) atoms. The highest BCUT2D eigenvalue weighted by molar-refractivity contribution is 9.10. The summed E-state index contributed by atoms with van der Waals surface area (Å²) in [5.41, 5.74) is 1.75. The van der Waals surface area contributed by atoms with Crippen LogP contribution in [0, 0.1) is 0 Å². The molecule has 2 rings (SSSR count). The summed E-state index contributed by atoms with van der Waals surface area (Å²) < 4.78 is 12.0. The molecule has 128 valence electrons. The van der Waals surface area contributed by atoms with E-state index in [4.69, 9.17) is 26.2 Å². The third kappa shape index (κ3) is 5.12. The minimum Gasteiger partial charge on any atom is -0.493 e. The Morgan fingerprint density at radius 3 is 2.75 bits per heavy atom. The van der Waals surface area contributed by atoms with Gasteiger partial charge in [-0.05, 0) is 39.7 Å². The van der Waals surface area contributed by atoms with E-state index >= 15 is 0 Å². The molecule has 0 aliphatic carbocycles. The molecular weight excluding hydrogens is 398 g/mol. The van der Waals surface area contributed by atoms with Gasteiger partial charge in [-0.25, -0.2) is 0 Å². The predicted molar refractivity (Wildman–Crippen MR) is 95.8 cm³/mol. The maximum absolute atomic E-state index is 10.6. The van der Waals surface area contributed by atoms with Crippen molar-refractivity contribution in [1.29, 1.82) is 0 Å². The molecule has 5 nitrogen and oxygen atoms in total. The highest BCUT2D eigenvalue weighted by Gasteiger charge is 2.13. The lowest BCUT2D eigenvalue weighted by Gasteiger charge is -2.15. The Bertz CT molecular complexity index is 724. The van der Waals surface area contributed by atoms with Crippen LogP contribution >= 0.6 is 27.5 Å². The molecule has 0 fully saturated rings. The molecule has 0 radical (unpaired) electrons. The lowest BCUT2D eigenvalue weighted by molar-refractivity contribution is -0.135. The van der Waals surface area contributed by atoms with E-state index in [0.29, 0.717) is 29.7 Å². The average Bonchev–Trinajstić information content (AvgIpc) is 2.54. The van der Waals surface area contributed by atoms with Gasteiger partial charge in [0.15, 0.2) is 11.5 Å². The zero-order valence-electron chi connectivity index (χ0n) is 13.0. The Hall–Kier alpha value is -1.76. The van der Waals surface area contributed by atoms with Gasteiger partial charge in [0.1, 0.15) is 6.61 Å². The fourth-order valence-electron chi connectivity index (χ4n) is 2.09. The number of carbonyl (C=O) groups is 1. The molecular formula is C17H17BrClNO4. The van der Waals surface area contributed by atoms with Crippen molar-refractivity contribution in [3.05, 3.63) is 57.0 Å². The van der Waals surface area contributed by atoms with Crippen molar-refractivity contribution in [3.8, 4) is 11.5 Å². The van der Waals surface area contributed by atoms with Crippen LogP contribution in [0.5, 0.6) is 11.5 Å². The van der Waals surface area contributed by atoms with Gasteiger partial charge in [0.2, 0.25) is 0 Å². The Morgan fingerprint density at radius 1 is 1.33 bits per heavy atom. The van der Waals surface area contributed by atoms with Gasteiger partial charge in [-0.1, -0.05) is 29.8 Å². The molecule has 0 spiro atoms. The van der Waals surface area contributed by atoms with Crippen LogP contribution in [0.1, 0.15) is 11.1 Å². The molecule has 0 heterocycles. The van der Waals surface area contributed by atoms with Crippen LogP contribution in [0.3, 0.4) is 0 Å². The second-order valence-corrected chi connectivity index (χ2v) is 6.25. The van der Waals surface area contributed by atoms with Gasteiger partial charge in [0.25, 0.3) is 0 Å². The fourth-order valence-corrected chi connectivity index (χ4v) is 2.89. The predicted octanol–water partition coefficient (Wildman–Crippen LogP) is 3.86. The van der Waals surface area contributed by atoms with Crippen molar-refractivity contribution in [1.82, 2.24) is 5.32 Å². The van der Waals surface area contributed by atoms with Gasteiger partial charge in [-0.15, -0.1) is 0 Å². The van der Waals surface area contributed by atoms with Crippen LogP contribution in [0.2, 0.25) is 5.02 Å².